The number of cyclic esters (lactones) is 1. The summed E-state index contributed by atoms with van der Waals surface area (Å²) >= 11 is 0. The summed E-state index contributed by atoms with van der Waals surface area (Å²) < 4.78 is 37.3. The molecule has 0 saturated carbocycles. The Morgan fingerprint density at radius 1 is 1.16 bits per heavy atom. The molecule has 0 radical (unpaired) electrons. The molecule has 0 fully saturated rings. The minimum absolute atomic E-state index is 0.0442. The van der Waals surface area contributed by atoms with Crippen LogP contribution in [0.4, 0.5) is 9.18 Å². The van der Waals surface area contributed by atoms with Crippen LogP contribution in [0, 0.1) is 0 Å². The fourth-order valence-corrected chi connectivity index (χ4v) is 5.66. The highest BCUT2D eigenvalue weighted by Gasteiger charge is 2.51. The third-order valence-corrected chi connectivity index (χ3v) is 7.42. The first-order valence-electron chi connectivity index (χ1n) is 14.2. The molecule has 11 nitrogen and oxygen atoms in total. The Kier molecular flexibility index (Phi) is 7.89. The third kappa shape index (κ3) is 5.41. The maximum absolute atomic E-state index is 14.0. The van der Waals surface area contributed by atoms with Crippen LogP contribution in [0.5, 0.6) is 5.75 Å². The SMILES string of the molecule is CCOc1ccc2nc3c(c(CC)c2c1)Cn1c-3cc2c(c1=O)COC(=O)C2(CCF)OC(=O)CNC(=O)OC(C)(C)C. The maximum Gasteiger partial charge on any atom is 0.408 e. The van der Waals surface area contributed by atoms with Crippen LogP contribution >= 0.6 is 0 Å². The van der Waals surface area contributed by atoms with E-state index in [9.17, 15) is 23.6 Å². The highest BCUT2D eigenvalue weighted by atomic mass is 19.1. The van der Waals surface area contributed by atoms with Crippen LogP contribution in [-0.2, 0) is 49.0 Å². The fraction of sp³-hybridized carbons (Fsp3) is 0.452. The molecule has 2 aromatic heterocycles. The number of ether oxygens (including phenoxy) is 4. The number of aromatic nitrogens is 2. The number of pyridine rings is 2. The van der Waals surface area contributed by atoms with Gasteiger partial charge in [0.15, 0.2) is 0 Å². The number of nitrogens with zero attached hydrogens (tertiary/aromatic N) is 2. The number of hydrogen-bond acceptors (Lipinski definition) is 9. The van der Waals surface area contributed by atoms with Crippen molar-refractivity contribution < 1.29 is 37.7 Å². The largest absolute Gasteiger partial charge is 0.494 e. The van der Waals surface area contributed by atoms with E-state index in [-0.39, 0.29) is 24.3 Å². The summed E-state index contributed by atoms with van der Waals surface area (Å²) in [6.07, 6.45) is -0.797. The Morgan fingerprint density at radius 2 is 1.93 bits per heavy atom. The monoisotopic (exact) mass is 595 g/mol. The molecule has 0 spiro atoms. The molecule has 0 bridgehead atoms. The smallest absolute Gasteiger partial charge is 0.408 e. The van der Waals surface area contributed by atoms with Gasteiger partial charge in [-0.1, -0.05) is 6.92 Å². The molecule has 1 N–H and O–H groups in total. The van der Waals surface area contributed by atoms with Crippen molar-refractivity contribution in [3.05, 3.63) is 56.9 Å². The maximum atomic E-state index is 14.0. The van der Waals surface area contributed by atoms with E-state index in [2.05, 4.69) is 5.32 Å². The van der Waals surface area contributed by atoms with E-state index in [4.69, 9.17) is 23.9 Å². The molecule has 5 rings (SSSR count). The quantitative estimate of drug-likeness (QED) is 0.236. The molecule has 43 heavy (non-hydrogen) atoms. The Balaban J connectivity index is 1.58. The van der Waals surface area contributed by atoms with Gasteiger partial charge in [-0.2, -0.15) is 0 Å². The van der Waals surface area contributed by atoms with Crippen molar-refractivity contribution in [1.82, 2.24) is 14.9 Å². The molecule has 12 heteroatoms. The van der Waals surface area contributed by atoms with Gasteiger partial charge >= 0.3 is 18.0 Å². The normalized spacial score (nSPS) is 17.0. The number of fused-ring (bicyclic) bond motifs is 5. The molecule has 0 aliphatic carbocycles. The van der Waals surface area contributed by atoms with Crippen LogP contribution in [0.1, 0.15) is 63.3 Å². The molecule has 3 aromatic rings. The lowest BCUT2D eigenvalue weighted by molar-refractivity contribution is -0.189. The molecule has 228 valence electrons. The minimum Gasteiger partial charge on any atom is -0.494 e. The number of hydrogen-bond donors (Lipinski definition) is 1. The number of alkyl carbamates (subject to hydrolysis) is 1. The second kappa shape index (κ2) is 11.3. The van der Waals surface area contributed by atoms with Gasteiger partial charge in [0.2, 0.25) is 5.60 Å². The molecule has 1 atom stereocenters. The van der Waals surface area contributed by atoms with Crippen molar-refractivity contribution in [3.8, 4) is 17.1 Å². The summed E-state index contributed by atoms with van der Waals surface area (Å²) in [5, 5.41) is 3.18. The van der Waals surface area contributed by atoms with Crippen LogP contribution in [0.3, 0.4) is 0 Å². The Labute approximate surface area is 247 Å². The number of aryl methyl sites for hydroxylation is 1. The average Bonchev–Trinajstić information content (AvgIpc) is 3.31. The van der Waals surface area contributed by atoms with Crippen LogP contribution < -0.4 is 15.6 Å². The summed E-state index contributed by atoms with van der Waals surface area (Å²) in [5.74, 6) is -1.33. The zero-order chi connectivity index (χ0) is 31.1. The fourth-order valence-electron chi connectivity index (χ4n) is 5.66. The summed E-state index contributed by atoms with van der Waals surface area (Å²) in [4.78, 5) is 56.9. The summed E-state index contributed by atoms with van der Waals surface area (Å²) in [6, 6.07) is 7.18. The average molecular weight is 596 g/mol. The van der Waals surface area contributed by atoms with E-state index < -0.39 is 54.4 Å². The first-order valence-corrected chi connectivity index (χ1v) is 14.2. The van der Waals surface area contributed by atoms with Gasteiger partial charge < -0.3 is 28.8 Å². The van der Waals surface area contributed by atoms with E-state index in [1.165, 1.54) is 0 Å². The van der Waals surface area contributed by atoms with Crippen LogP contribution in [0.2, 0.25) is 0 Å². The lowest BCUT2D eigenvalue weighted by Gasteiger charge is -2.35. The molecule has 1 aromatic carbocycles. The van der Waals surface area contributed by atoms with E-state index in [1.54, 1.807) is 31.4 Å². The van der Waals surface area contributed by atoms with Crippen molar-refractivity contribution in [2.45, 2.75) is 71.8 Å². The highest BCUT2D eigenvalue weighted by molar-refractivity contribution is 5.91. The minimum atomic E-state index is -2.23. The van der Waals surface area contributed by atoms with E-state index in [0.29, 0.717) is 35.7 Å². The molecule has 2 aliphatic heterocycles. The number of carbonyl (C=O) groups excluding carboxylic acids is 3. The number of esters is 2. The number of benzene rings is 1. The van der Waals surface area contributed by atoms with Gasteiger partial charge in [0.05, 0.1) is 42.3 Å². The zero-order valence-electron chi connectivity index (χ0n) is 24.8. The molecule has 1 amide bonds. The van der Waals surface area contributed by atoms with Gasteiger partial charge in [0.25, 0.3) is 5.56 Å². The van der Waals surface area contributed by atoms with Crippen molar-refractivity contribution >= 4 is 28.9 Å². The van der Waals surface area contributed by atoms with Gasteiger partial charge in [-0.3, -0.25) is 14.0 Å². The van der Waals surface area contributed by atoms with Crippen LogP contribution in [0.25, 0.3) is 22.3 Å². The third-order valence-electron chi connectivity index (χ3n) is 7.42. The number of amides is 1. The Morgan fingerprint density at radius 3 is 2.60 bits per heavy atom. The number of carbonyl (C=O) groups is 3. The Hall–Kier alpha value is -4.48. The molecule has 0 saturated heterocycles. The van der Waals surface area contributed by atoms with E-state index in [1.807, 2.05) is 32.0 Å². The van der Waals surface area contributed by atoms with Crippen molar-refractivity contribution in [1.29, 1.82) is 0 Å². The van der Waals surface area contributed by atoms with Gasteiger partial charge in [-0.25, -0.2) is 14.6 Å². The molecular weight excluding hydrogens is 561 g/mol. The topological polar surface area (TPSA) is 135 Å². The lowest BCUT2D eigenvalue weighted by atomic mass is 9.85. The first-order chi connectivity index (χ1) is 20.4. The molecule has 4 heterocycles. The summed E-state index contributed by atoms with van der Waals surface area (Å²) in [6.45, 7) is 7.58. The number of halogens is 1. The van der Waals surface area contributed by atoms with Crippen molar-refractivity contribution in [3.63, 3.8) is 0 Å². The molecule has 2 aliphatic rings. The van der Waals surface area contributed by atoms with Crippen LogP contribution in [0.15, 0.2) is 29.1 Å². The van der Waals surface area contributed by atoms with Gasteiger partial charge in [0, 0.05) is 22.9 Å². The highest BCUT2D eigenvalue weighted by Crippen LogP contribution is 2.42. The van der Waals surface area contributed by atoms with Crippen LogP contribution in [-0.4, -0.2) is 53.0 Å². The first kappa shape index (κ1) is 30.0. The Bertz CT molecular complexity index is 1690. The summed E-state index contributed by atoms with van der Waals surface area (Å²) in [7, 11) is 0. The van der Waals surface area contributed by atoms with Crippen molar-refractivity contribution in [2.24, 2.45) is 0 Å². The number of alkyl halides is 1. The van der Waals surface area contributed by atoms with Crippen molar-refractivity contribution in [2.75, 3.05) is 19.8 Å². The number of nitrogens with one attached hydrogen (secondary N) is 1. The second-order valence-electron chi connectivity index (χ2n) is 11.4. The molecular formula is C31H34FN3O8. The predicted molar refractivity (Wildman–Crippen MR) is 153 cm³/mol. The standard InChI is InChI=1S/C31H34FN3O8/c1-6-18-19-12-17(40-7-2)8-9-23(19)34-26-20(18)15-35-24(26)13-22-21(27(35)37)16-41-28(38)31(22,10-11-32)42-25(36)14-33-29(39)43-30(3,4)5/h8-9,12-13H,6-7,10-11,14-16H2,1-5H3,(H,33,39). The number of rotatable bonds is 8. The second-order valence-corrected chi connectivity index (χ2v) is 11.4. The van der Waals surface area contributed by atoms with Gasteiger partial charge in [0.1, 0.15) is 24.5 Å². The van der Waals surface area contributed by atoms with E-state index in [0.717, 1.165) is 16.5 Å². The molecule has 1 unspecified atom stereocenters. The van der Waals surface area contributed by atoms with E-state index >= 15 is 0 Å². The predicted octanol–water partition coefficient (Wildman–Crippen LogP) is 4.07. The van der Waals surface area contributed by atoms with Gasteiger partial charge in [-0.05, 0) is 63.9 Å². The zero-order valence-corrected chi connectivity index (χ0v) is 24.8. The van der Waals surface area contributed by atoms with Gasteiger partial charge in [-0.15, -0.1) is 0 Å². The lowest BCUT2D eigenvalue weighted by Crippen LogP contribution is -2.49. The summed E-state index contributed by atoms with van der Waals surface area (Å²) in [5.41, 5.74) is 0.165.